The van der Waals surface area contributed by atoms with Gasteiger partial charge >= 0.3 is 0 Å². The first kappa shape index (κ1) is 13.1. The van der Waals surface area contributed by atoms with Crippen LogP contribution < -0.4 is 0 Å². The van der Waals surface area contributed by atoms with Gasteiger partial charge in [0.05, 0.1) is 10.5 Å². The zero-order valence-electron chi connectivity index (χ0n) is 9.42. The molecule has 0 saturated carbocycles. The van der Waals surface area contributed by atoms with Gasteiger partial charge < -0.3 is 5.11 Å². The molecule has 0 heterocycles. The number of nitro groups is 1. The normalized spacial score (nSPS) is 11.9. The quantitative estimate of drug-likeness (QED) is 0.481. The highest BCUT2D eigenvalue weighted by atomic mass is 16.6. The number of Topliss-reactive ketones (excluding diaryl/α,β-unsaturated/α-hetero) is 1. The van der Waals surface area contributed by atoms with Crippen molar-refractivity contribution in [3.63, 3.8) is 0 Å². The van der Waals surface area contributed by atoms with E-state index in [-0.39, 0.29) is 29.0 Å². The van der Waals surface area contributed by atoms with Gasteiger partial charge in [0.1, 0.15) is 6.10 Å². The highest BCUT2D eigenvalue weighted by molar-refractivity contribution is 5.95. The second-order valence-electron chi connectivity index (χ2n) is 3.52. The maximum Gasteiger partial charge on any atom is 0.275 e. The number of rotatable bonds is 5. The second-order valence-corrected chi connectivity index (χ2v) is 3.52. The molecule has 0 bridgehead atoms. The molecule has 17 heavy (non-hydrogen) atoms. The lowest BCUT2D eigenvalue weighted by Crippen LogP contribution is -2.11. The summed E-state index contributed by atoms with van der Waals surface area (Å²) in [6, 6.07) is 5.76. The SMILES string of the molecule is C=C(C(=O)CC)[C@H](O)c1ccccc1[N+](=O)[O-]. The molecule has 0 fully saturated rings. The van der Waals surface area contributed by atoms with Gasteiger partial charge in [-0.25, -0.2) is 0 Å². The van der Waals surface area contributed by atoms with Gasteiger partial charge in [0.15, 0.2) is 5.78 Å². The Hall–Kier alpha value is -2.01. The molecule has 0 aliphatic heterocycles. The van der Waals surface area contributed by atoms with Crippen LogP contribution in [0.15, 0.2) is 36.4 Å². The van der Waals surface area contributed by atoms with Crippen LogP contribution in [-0.4, -0.2) is 15.8 Å². The molecule has 1 rings (SSSR count). The fourth-order valence-corrected chi connectivity index (χ4v) is 1.45. The predicted octanol–water partition coefficient (Wildman–Crippen LogP) is 2.16. The fraction of sp³-hybridized carbons (Fsp3) is 0.250. The average molecular weight is 235 g/mol. The molecule has 0 saturated heterocycles. The summed E-state index contributed by atoms with van der Waals surface area (Å²) >= 11 is 0. The van der Waals surface area contributed by atoms with Crippen molar-refractivity contribution < 1.29 is 14.8 Å². The van der Waals surface area contributed by atoms with Crippen LogP contribution in [0.4, 0.5) is 5.69 Å². The van der Waals surface area contributed by atoms with Crippen LogP contribution >= 0.6 is 0 Å². The highest BCUT2D eigenvalue weighted by Gasteiger charge is 2.24. The maximum absolute atomic E-state index is 11.4. The smallest absolute Gasteiger partial charge is 0.275 e. The van der Waals surface area contributed by atoms with Crippen LogP contribution in [0.1, 0.15) is 25.0 Å². The van der Waals surface area contributed by atoms with Crippen molar-refractivity contribution in [1.29, 1.82) is 0 Å². The summed E-state index contributed by atoms with van der Waals surface area (Å²) in [7, 11) is 0. The van der Waals surface area contributed by atoms with Gasteiger partial charge in [-0.1, -0.05) is 25.6 Å². The lowest BCUT2D eigenvalue weighted by molar-refractivity contribution is -0.386. The van der Waals surface area contributed by atoms with Crippen molar-refractivity contribution in [2.24, 2.45) is 0 Å². The van der Waals surface area contributed by atoms with E-state index < -0.39 is 11.0 Å². The van der Waals surface area contributed by atoms with Crippen molar-refractivity contribution in [2.45, 2.75) is 19.4 Å². The van der Waals surface area contributed by atoms with Gasteiger partial charge in [-0.15, -0.1) is 0 Å². The van der Waals surface area contributed by atoms with Crippen LogP contribution in [-0.2, 0) is 4.79 Å². The number of carbonyl (C=O) groups is 1. The Labute approximate surface area is 98.5 Å². The minimum atomic E-state index is -1.33. The van der Waals surface area contributed by atoms with Crippen LogP contribution in [0, 0.1) is 10.1 Å². The van der Waals surface area contributed by atoms with Crippen LogP contribution in [0.25, 0.3) is 0 Å². The van der Waals surface area contributed by atoms with Crippen molar-refractivity contribution in [3.05, 3.63) is 52.1 Å². The molecule has 0 aromatic heterocycles. The van der Waals surface area contributed by atoms with Crippen LogP contribution in [0.5, 0.6) is 0 Å². The van der Waals surface area contributed by atoms with Gasteiger partial charge in [0.25, 0.3) is 5.69 Å². The van der Waals surface area contributed by atoms with E-state index in [9.17, 15) is 20.0 Å². The molecular formula is C12H13NO4. The number of ketones is 1. The number of nitro benzene ring substituents is 1. The molecule has 0 aliphatic rings. The van der Waals surface area contributed by atoms with E-state index in [1.165, 1.54) is 18.2 Å². The summed E-state index contributed by atoms with van der Waals surface area (Å²) in [5.41, 5.74) is -0.156. The predicted molar refractivity (Wildman–Crippen MR) is 62.5 cm³/mol. The molecule has 0 amide bonds. The Balaban J connectivity index is 3.12. The largest absolute Gasteiger partial charge is 0.383 e. The van der Waals surface area contributed by atoms with Gasteiger partial charge in [0, 0.05) is 18.1 Å². The van der Waals surface area contributed by atoms with Crippen molar-refractivity contribution in [1.82, 2.24) is 0 Å². The molecule has 1 N–H and O–H groups in total. The summed E-state index contributed by atoms with van der Waals surface area (Å²) in [6.07, 6.45) is -1.12. The van der Waals surface area contributed by atoms with Crippen LogP contribution in [0.2, 0.25) is 0 Å². The molecule has 0 radical (unpaired) electrons. The standard InChI is InChI=1S/C12H13NO4/c1-3-11(14)8(2)12(15)9-6-4-5-7-10(9)13(16)17/h4-7,12,15H,2-3H2,1H3/t12-/m0/s1. The van der Waals surface area contributed by atoms with Gasteiger partial charge in [-0.2, -0.15) is 0 Å². The third-order valence-corrected chi connectivity index (χ3v) is 2.44. The van der Waals surface area contributed by atoms with Crippen molar-refractivity contribution >= 4 is 11.5 Å². The van der Waals surface area contributed by atoms with E-state index in [0.29, 0.717) is 0 Å². The lowest BCUT2D eigenvalue weighted by Gasteiger charge is -2.12. The molecule has 1 aromatic rings. The third-order valence-electron chi connectivity index (χ3n) is 2.44. The first-order chi connectivity index (χ1) is 7.99. The van der Waals surface area contributed by atoms with E-state index in [2.05, 4.69) is 6.58 Å². The fourth-order valence-electron chi connectivity index (χ4n) is 1.45. The topological polar surface area (TPSA) is 80.4 Å². The number of aliphatic hydroxyl groups excluding tert-OH is 1. The minimum absolute atomic E-state index is 0.0261. The van der Waals surface area contributed by atoms with E-state index in [0.717, 1.165) is 0 Å². The molecule has 5 nitrogen and oxygen atoms in total. The van der Waals surface area contributed by atoms with Gasteiger partial charge in [0.2, 0.25) is 0 Å². The number of para-hydroxylation sites is 1. The number of carbonyl (C=O) groups excluding carboxylic acids is 1. The van der Waals surface area contributed by atoms with Crippen molar-refractivity contribution in [3.8, 4) is 0 Å². The summed E-state index contributed by atoms with van der Waals surface area (Å²) in [5, 5.41) is 20.7. The maximum atomic E-state index is 11.4. The third kappa shape index (κ3) is 2.76. The molecule has 90 valence electrons. The lowest BCUT2D eigenvalue weighted by atomic mass is 9.97. The average Bonchev–Trinajstić information content (AvgIpc) is 2.35. The Morgan fingerprint density at radius 3 is 2.65 bits per heavy atom. The number of nitrogens with zero attached hydrogens (tertiary/aromatic N) is 1. The molecule has 1 atom stereocenters. The number of aliphatic hydroxyl groups is 1. The van der Waals surface area contributed by atoms with E-state index in [4.69, 9.17) is 0 Å². The Morgan fingerprint density at radius 1 is 1.53 bits per heavy atom. The Kier molecular flexibility index (Phi) is 4.12. The summed E-state index contributed by atoms with van der Waals surface area (Å²) < 4.78 is 0. The van der Waals surface area contributed by atoms with Gasteiger partial charge in [-0.05, 0) is 6.07 Å². The molecule has 1 aromatic carbocycles. The molecule has 5 heteroatoms. The summed E-state index contributed by atoms with van der Waals surface area (Å²) in [4.78, 5) is 21.6. The first-order valence-corrected chi connectivity index (χ1v) is 5.12. The van der Waals surface area contributed by atoms with E-state index in [1.54, 1.807) is 13.0 Å². The number of benzene rings is 1. The molecule has 0 unspecified atom stereocenters. The van der Waals surface area contributed by atoms with Crippen LogP contribution in [0.3, 0.4) is 0 Å². The molecule has 0 spiro atoms. The molecular weight excluding hydrogens is 222 g/mol. The zero-order chi connectivity index (χ0) is 13.0. The van der Waals surface area contributed by atoms with Crippen molar-refractivity contribution in [2.75, 3.05) is 0 Å². The summed E-state index contributed by atoms with van der Waals surface area (Å²) in [5.74, 6) is -0.310. The molecule has 0 aliphatic carbocycles. The zero-order valence-corrected chi connectivity index (χ0v) is 9.42. The minimum Gasteiger partial charge on any atom is -0.383 e. The number of hydrogen-bond donors (Lipinski definition) is 1. The summed E-state index contributed by atoms with van der Waals surface area (Å²) in [6.45, 7) is 5.12. The first-order valence-electron chi connectivity index (χ1n) is 5.12. The second kappa shape index (κ2) is 5.36. The monoisotopic (exact) mass is 235 g/mol. The number of hydrogen-bond acceptors (Lipinski definition) is 4. The highest BCUT2D eigenvalue weighted by Crippen LogP contribution is 2.29. The Morgan fingerprint density at radius 2 is 2.12 bits per heavy atom. The Bertz CT molecular complexity index is 467. The van der Waals surface area contributed by atoms with Gasteiger partial charge in [-0.3, -0.25) is 14.9 Å². The van der Waals surface area contributed by atoms with E-state index in [1.807, 2.05) is 0 Å². The van der Waals surface area contributed by atoms with E-state index >= 15 is 0 Å².